The largest absolute Gasteiger partial charge is 0.370 e. The van der Waals surface area contributed by atoms with E-state index in [-0.39, 0.29) is 6.10 Å². The molecule has 0 radical (unpaired) electrons. The zero-order valence-corrected chi connectivity index (χ0v) is 9.15. The van der Waals surface area contributed by atoms with E-state index in [4.69, 9.17) is 4.74 Å². The summed E-state index contributed by atoms with van der Waals surface area (Å²) in [7, 11) is 0. The molecule has 2 atom stereocenters. The van der Waals surface area contributed by atoms with Crippen molar-refractivity contribution >= 4 is 0 Å². The van der Waals surface area contributed by atoms with Gasteiger partial charge in [0, 0.05) is 19.6 Å². The molecule has 4 heteroatoms. The molecule has 2 unspecified atom stereocenters. The Bertz CT molecular complexity index is 355. The Labute approximate surface area is 89.6 Å². The van der Waals surface area contributed by atoms with Gasteiger partial charge in [-0.25, -0.2) is 0 Å². The molecule has 0 spiro atoms. The zero-order chi connectivity index (χ0) is 10.3. The number of aromatic nitrogens is 3. The second-order valence-corrected chi connectivity index (χ2v) is 4.73. The summed E-state index contributed by atoms with van der Waals surface area (Å²) < 4.78 is 7.96. The molecule has 0 N–H and O–H groups in total. The topological polar surface area (TPSA) is 39.9 Å². The summed E-state index contributed by atoms with van der Waals surface area (Å²) in [5.74, 6) is 2.96. The van der Waals surface area contributed by atoms with E-state index in [0.29, 0.717) is 0 Å². The number of fused-ring (bicyclic) bond motifs is 1. The van der Waals surface area contributed by atoms with E-state index in [1.165, 1.54) is 6.42 Å². The summed E-state index contributed by atoms with van der Waals surface area (Å²) in [6, 6.07) is 0. The van der Waals surface area contributed by atoms with Gasteiger partial charge in [0.1, 0.15) is 11.9 Å². The van der Waals surface area contributed by atoms with Gasteiger partial charge in [-0.2, -0.15) is 0 Å². The maximum Gasteiger partial charge on any atom is 0.162 e. The van der Waals surface area contributed by atoms with Crippen molar-refractivity contribution in [3.05, 3.63) is 11.6 Å². The predicted molar refractivity (Wildman–Crippen MR) is 55.4 cm³/mol. The van der Waals surface area contributed by atoms with Crippen LogP contribution in [0.25, 0.3) is 0 Å². The highest BCUT2D eigenvalue weighted by molar-refractivity contribution is 5.03. The minimum Gasteiger partial charge on any atom is -0.370 e. The van der Waals surface area contributed by atoms with Gasteiger partial charge in [-0.15, -0.1) is 10.2 Å². The van der Waals surface area contributed by atoms with Crippen molar-refractivity contribution in [1.82, 2.24) is 14.8 Å². The number of hydrogen-bond acceptors (Lipinski definition) is 3. The molecule has 4 nitrogen and oxygen atoms in total. The molecule has 82 valence electrons. The lowest BCUT2D eigenvalue weighted by molar-refractivity contribution is 0.0999. The molecule has 1 aromatic rings. The van der Waals surface area contributed by atoms with E-state index in [0.717, 1.165) is 50.0 Å². The molecule has 0 aromatic carbocycles. The van der Waals surface area contributed by atoms with Crippen LogP contribution in [0.4, 0.5) is 0 Å². The minimum absolute atomic E-state index is 0.205. The van der Waals surface area contributed by atoms with Gasteiger partial charge in [0.05, 0.1) is 0 Å². The van der Waals surface area contributed by atoms with Crippen LogP contribution in [0.1, 0.15) is 43.9 Å². The van der Waals surface area contributed by atoms with Crippen molar-refractivity contribution in [1.29, 1.82) is 0 Å². The molecule has 1 fully saturated rings. The van der Waals surface area contributed by atoms with Crippen LogP contribution in [0.2, 0.25) is 0 Å². The minimum atomic E-state index is 0.205. The number of hydrogen-bond donors (Lipinski definition) is 0. The quantitative estimate of drug-likeness (QED) is 0.704. The third-order valence-electron chi connectivity index (χ3n) is 3.43. The van der Waals surface area contributed by atoms with Crippen molar-refractivity contribution in [2.75, 3.05) is 6.61 Å². The van der Waals surface area contributed by atoms with Crippen LogP contribution in [0.3, 0.4) is 0 Å². The second-order valence-electron chi connectivity index (χ2n) is 4.73. The predicted octanol–water partition coefficient (Wildman–Crippen LogP) is 1.71. The normalized spacial score (nSPS) is 30.5. The maximum absolute atomic E-state index is 5.68. The molecule has 3 heterocycles. The second kappa shape index (κ2) is 3.59. The summed E-state index contributed by atoms with van der Waals surface area (Å²) in [4.78, 5) is 0. The van der Waals surface area contributed by atoms with Gasteiger partial charge >= 0.3 is 0 Å². The molecule has 2 aliphatic rings. The van der Waals surface area contributed by atoms with E-state index >= 15 is 0 Å². The molecular weight excluding hydrogens is 190 g/mol. The highest BCUT2D eigenvalue weighted by Crippen LogP contribution is 2.30. The van der Waals surface area contributed by atoms with Crippen LogP contribution in [-0.4, -0.2) is 21.4 Å². The van der Waals surface area contributed by atoms with Crippen LogP contribution in [-0.2, 0) is 17.7 Å². The Morgan fingerprint density at radius 2 is 2.27 bits per heavy atom. The standard InChI is InChI=1S/C11H17N3O/c1-8-4-5-10-12-13-11(14(10)7-8)9-3-2-6-15-9/h8-9H,2-7H2,1H3. The van der Waals surface area contributed by atoms with E-state index in [9.17, 15) is 0 Å². The molecule has 0 saturated carbocycles. The van der Waals surface area contributed by atoms with E-state index in [1.807, 2.05) is 0 Å². The fourth-order valence-electron chi connectivity index (χ4n) is 2.53. The molecule has 2 aliphatic heterocycles. The molecule has 0 bridgehead atoms. The smallest absolute Gasteiger partial charge is 0.162 e. The summed E-state index contributed by atoms with van der Waals surface area (Å²) in [5.41, 5.74) is 0. The van der Waals surface area contributed by atoms with Gasteiger partial charge in [0.15, 0.2) is 5.82 Å². The molecule has 1 saturated heterocycles. The summed E-state index contributed by atoms with van der Waals surface area (Å²) in [6.45, 7) is 4.24. The summed E-state index contributed by atoms with van der Waals surface area (Å²) in [6.07, 6.45) is 4.77. The SMILES string of the molecule is CC1CCc2nnc(C3CCCO3)n2C1. The van der Waals surface area contributed by atoms with Crippen LogP contribution in [0, 0.1) is 5.92 Å². The third-order valence-corrected chi connectivity index (χ3v) is 3.43. The lowest BCUT2D eigenvalue weighted by Crippen LogP contribution is -2.21. The third kappa shape index (κ3) is 1.57. The Hall–Kier alpha value is -0.900. The van der Waals surface area contributed by atoms with Gasteiger partial charge in [-0.3, -0.25) is 0 Å². The number of aryl methyl sites for hydroxylation is 1. The van der Waals surface area contributed by atoms with Crippen molar-refractivity contribution in [2.24, 2.45) is 5.92 Å². The Morgan fingerprint density at radius 1 is 1.33 bits per heavy atom. The lowest BCUT2D eigenvalue weighted by atomic mass is 10.0. The van der Waals surface area contributed by atoms with Crippen molar-refractivity contribution < 1.29 is 4.74 Å². The molecular formula is C11H17N3O. The van der Waals surface area contributed by atoms with E-state index in [1.54, 1.807) is 0 Å². The maximum atomic E-state index is 5.68. The first-order valence-corrected chi connectivity index (χ1v) is 5.88. The number of nitrogens with zero attached hydrogens (tertiary/aromatic N) is 3. The Kier molecular flexibility index (Phi) is 2.24. The van der Waals surface area contributed by atoms with E-state index < -0.39 is 0 Å². The highest BCUT2D eigenvalue weighted by atomic mass is 16.5. The average Bonchev–Trinajstić information content (AvgIpc) is 2.83. The first-order valence-electron chi connectivity index (χ1n) is 5.88. The van der Waals surface area contributed by atoms with Crippen molar-refractivity contribution in [3.8, 4) is 0 Å². The molecule has 1 aromatic heterocycles. The van der Waals surface area contributed by atoms with Crippen LogP contribution in [0.15, 0.2) is 0 Å². The first kappa shape index (κ1) is 9.33. The average molecular weight is 207 g/mol. The summed E-state index contributed by atoms with van der Waals surface area (Å²) >= 11 is 0. The van der Waals surface area contributed by atoms with Crippen LogP contribution >= 0.6 is 0 Å². The van der Waals surface area contributed by atoms with E-state index in [2.05, 4.69) is 21.7 Å². The van der Waals surface area contributed by atoms with Gasteiger partial charge in [-0.05, 0) is 25.2 Å². The Balaban J connectivity index is 1.92. The Morgan fingerprint density at radius 3 is 3.07 bits per heavy atom. The zero-order valence-electron chi connectivity index (χ0n) is 9.15. The molecule has 0 amide bonds. The molecule has 15 heavy (non-hydrogen) atoms. The van der Waals surface area contributed by atoms with Gasteiger partial charge in [-0.1, -0.05) is 6.92 Å². The van der Waals surface area contributed by atoms with Gasteiger partial charge in [0.2, 0.25) is 0 Å². The lowest BCUT2D eigenvalue weighted by Gasteiger charge is -2.22. The fourth-order valence-corrected chi connectivity index (χ4v) is 2.53. The van der Waals surface area contributed by atoms with Gasteiger partial charge in [0.25, 0.3) is 0 Å². The number of ether oxygens (including phenoxy) is 1. The van der Waals surface area contributed by atoms with Crippen LogP contribution in [0.5, 0.6) is 0 Å². The molecule has 0 aliphatic carbocycles. The van der Waals surface area contributed by atoms with Crippen LogP contribution < -0.4 is 0 Å². The summed E-state index contributed by atoms with van der Waals surface area (Å²) in [5, 5.41) is 8.57. The highest BCUT2D eigenvalue weighted by Gasteiger charge is 2.27. The van der Waals surface area contributed by atoms with Crippen molar-refractivity contribution in [2.45, 2.75) is 45.3 Å². The van der Waals surface area contributed by atoms with Gasteiger partial charge < -0.3 is 9.30 Å². The monoisotopic (exact) mass is 207 g/mol. The molecule has 3 rings (SSSR count). The van der Waals surface area contributed by atoms with Crippen molar-refractivity contribution in [3.63, 3.8) is 0 Å². The number of rotatable bonds is 1. The first-order chi connectivity index (χ1) is 7.34. The fraction of sp³-hybridized carbons (Fsp3) is 0.818.